The molecule has 6 aromatic rings. The molecule has 3 aliphatic heterocycles. The number of aliphatic hydroxyl groups is 3. The van der Waals surface area contributed by atoms with Crippen molar-refractivity contribution < 1.29 is 108 Å². The molecule has 42 nitrogen and oxygen atoms in total. The number of urea groups is 1. The van der Waals surface area contributed by atoms with E-state index >= 15 is 0 Å². The van der Waals surface area contributed by atoms with Crippen molar-refractivity contribution in [1.82, 2.24) is 58.9 Å². The number of nitrogens with two attached hydrogens (primary N) is 4. The van der Waals surface area contributed by atoms with Crippen molar-refractivity contribution >= 4 is 88.7 Å². The first-order chi connectivity index (χ1) is 37.5. The number of phosphoric ester groups is 3. The number of carbonyl (C=O) groups excluding carboxylic acids is 1. The number of phosphoric acid groups is 4. The van der Waals surface area contributed by atoms with Gasteiger partial charge in [0.2, 0.25) is 30.4 Å². The summed E-state index contributed by atoms with van der Waals surface area (Å²) in [5.41, 5.74) is 19.0. The second kappa shape index (κ2) is 22.0. The van der Waals surface area contributed by atoms with Gasteiger partial charge in [-0.05, 0) is 0 Å². The van der Waals surface area contributed by atoms with E-state index in [-0.39, 0.29) is 45.4 Å². The summed E-state index contributed by atoms with van der Waals surface area (Å²) in [6.45, 7) is -3.93. The summed E-state index contributed by atoms with van der Waals surface area (Å²) < 4.78 is 110. The van der Waals surface area contributed by atoms with Crippen molar-refractivity contribution in [1.29, 1.82) is 0 Å². The molecule has 16 atom stereocenters. The number of aromatic amines is 3. The van der Waals surface area contributed by atoms with Crippen LogP contribution in [0.3, 0.4) is 0 Å². The molecule has 80 heavy (non-hydrogen) atoms. The van der Waals surface area contributed by atoms with Gasteiger partial charge >= 0.3 is 42.9 Å². The molecule has 46 heteroatoms. The standard InChI is InChI=1S/C34H47N17O25P4/c1-48-9-51(24-16(48)27(57)47-33(37)44-24)28-17(52)10(3-39-34(38)58)11(71-28)4-69-78(61,62)75-80(65,66)76-79(63,64)70-6-13-20(21(67-2)30(73-13)50-8-41-15-23(50)43-32(36)46-26(15)56)74-77(59,60)68-5-12-18(53)19(54)29(72-12)49-7-40-14-22(49)42-31(35)45-25(14)55/h7-13,17-21,28-30,52-54H,3-6H2,1-2H3,(H15-,35,36,37,38,39,42,43,44,45,46,47,55,56,57,58,59,60,61,62,63,64,65,66)/p+1/t10-,11-,12-,13-,17-,18-,19-,20-,21-,28?,29-,30-/m1/s1. The molecule has 6 aromatic heterocycles. The van der Waals surface area contributed by atoms with Crippen molar-refractivity contribution in [2.45, 2.75) is 67.5 Å². The van der Waals surface area contributed by atoms with Crippen LogP contribution in [0.2, 0.25) is 0 Å². The molecule has 0 radical (unpaired) electrons. The molecule has 0 spiro atoms. The third kappa shape index (κ3) is 12.0. The largest absolute Gasteiger partial charge is 0.490 e. The molecule has 3 saturated heterocycles. The van der Waals surface area contributed by atoms with Gasteiger partial charge in [-0.25, -0.2) is 37.6 Å². The lowest BCUT2D eigenvalue weighted by Crippen LogP contribution is -2.41. The maximum absolute atomic E-state index is 13.7. The van der Waals surface area contributed by atoms with Gasteiger partial charge in [0.25, 0.3) is 22.3 Å². The van der Waals surface area contributed by atoms with Crippen LogP contribution in [0.1, 0.15) is 18.7 Å². The van der Waals surface area contributed by atoms with Gasteiger partial charge in [0.15, 0.2) is 34.8 Å². The fourth-order valence-electron chi connectivity index (χ4n) is 8.92. The lowest BCUT2D eigenvalue weighted by atomic mass is 9.98. The molecule has 9 rings (SSSR count). The molecule has 438 valence electrons. The Morgan fingerprint density at radius 2 is 1.14 bits per heavy atom. The van der Waals surface area contributed by atoms with Crippen LogP contribution < -0.4 is 49.5 Å². The van der Waals surface area contributed by atoms with Crippen molar-refractivity contribution in [2.75, 3.05) is 50.7 Å². The van der Waals surface area contributed by atoms with Gasteiger partial charge in [0.1, 0.15) is 42.7 Å². The van der Waals surface area contributed by atoms with Crippen LogP contribution in [-0.4, -0.2) is 177 Å². The number of nitrogens with one attached hydrogen (secondary N) is 4. The molecule has 0 aliphatic carbocycles. The lowest BCUT2D eigenvalue weighted by molar-refractivity contribution is -0.646. The van der Waals surface area contributed by atoms with Crippen molar-refractivity contribution in [3.8, 4) is 0 Å². The van der Waals surface area contributed by atoms with Crippen LogP contribution in [0.25, 0.3) is 33.5 Å². The molecular formula is C34H48N17O25P4+. The first-order valence-corrected chi connectivity index (χ1v) is 28.6. The summed E-state index contributed by atoms with van der Waals surface area (Å²) in [6.07, 6.45) is -15.3. The minimum Gasteiger partial charge on any atom is -0.387 e. The number of methoxy groups -OCH3 is 1. The number of nitrogen functional groups attached to an aromatic ring is 3. The van der Waals surface area contributed by atoms with Gasteiger partial charge in [-0.2, -0.15) is 28.1 Å². The van der Waals surface area contributed by atoms with Crippen molar-refractivity contribution in [2.24, 2.45) is 18.7 Å². The summed E-state index contributed by atoms with van der Waals surface area (Å²) in [5.74, 6) is -2.32. The van der Waals surface area contributed by atoms with E-state index < -0.39 is 160 Å². The number of aromatic nitrogens is 12. The van der Waals surface area contributed by atoms with Gasteiger partial charge in [-0.15, -0.1) is 0 Å². The number of aryl methyl sites for hydroxylation is 1. The second-order valence-corrected chi connectivity index (χ2v) is 23.6. The number of rotatable bonds is 21. The normalized spacial score (nSPS) is 29.2. The highest BCUT2D eigenvalue weighted by atomic mass is 31.3. The molecule has 9 heterocycles. The van der Waals surface area contributed by atoms with Crippen LogP contribution in [0.4, 0.5) is 22.6 Å². The highest BCUT2D eigenvalue weighted by Crippen LogP contribution is 2.68. The summed E-state index contributed by atoms with van der Waals surface area (Å²) in [5, 5.41) is 35.3. The second-order valence-electron chi connectivity index (χ2n) is 17.6. The van der Waals surface area contributed by atoms with Gasteiger partial charge in [-0.1, -0.05) is 0 Å². The van der Waals surface area contributed by atoms with E-state index in [0.29, 0.717) is 0 Å². The predicted octanol–water partition coefficient (Wildman–Crippen LogP) is -5.49. The number of carbonyl (C=O) groups is 1. The fraction of sp³-hybridized carbons (Fsp3) is 0.529. The topological polar surface area (TPSA) is 617 Å². The maximum Gasteiger partial charge on any atom is 0.490 e. The first kappa shape index (κ1) is 58.6. The molecule has 19 N–H and O–H groups in total. The zero-order valence-corrected chi connectivity index (χ0v) is 44.2. The molecular weight excluding hydrogens is 1170 g/mol. The van der Waals surface area contributed by atoms with E-state index in [2.05, 4.69) is 53.8 Å². The van der Waals surface area contributed by atoms with Gasteiger partial charge in [0.05, 0.1) is 45.6 Å². The summed E-state index contributed by atoms with van der Waals surface area (Å²) >= 11 is 0. The van der Waals surface area contributed by atoms with Crippen LogP contribution >= 0.6 is 31.3 Å². The van der Waals surface area contributed by atoms with E-state index in [1.807, 2.05) is 0 Å². The van der Waals surface area contributed by atoms with E-state index in [9.17, 15) is 72.3 Å². The average molecular weight is 1220 g/mol. The van der Waals surface area contributed by atoms with Crippen LogP contribution in [0.5, 0.6) is 0 Å². The minimum absolute atomic E-state index is 0.0304. The lowest BCUT2D eigenvalue weighted by Gasteiger charge is -2.26. The third-order valence-corrected chi connectivity index (χ3v) is 17.6. The minimum atomic E-state index is -6.27. The Labute approximate surface area is 441 Å². The number of H-pyrrole nitrogens is 3. The number of nitrogens with zero attached hydrogens (tertiary/aromatic N) is 9. The van der Waals surface area contributed by atoms with Gasteiger partial charge in [-0.3, -0.25) is 56.6 Å². The predicted molar refractivity (Wildman–Crippen MR) is 257 cm³/mol. The Morgan fingerprint density at radius 1 is 0.662 bits per heavy atom. The fourth-order valence-corrected chi connectivity index (χ4v) is 13.4. The van der Waals surface area contributed by atoms with Crippen molar-refractivity contribution in [3.05, 3.63) is 50.0 Å². The first-order valence-electron chi connectivity index (χ1n) is 22.6. The highest BCUT2D eigenvalue weighted by molar-refractivity contribution is 7.66. The van der Waals surface area contributed by atoms with Crippen LogP contribution in [-0.2, 0) is 71.0 Å². The number of primary amides is 1. The quantitative estimate of drug-likeness (QED) is 0.0236. The number of anilines is 3. The SMILES string of the molecule is CO[C@@H]1[C@H](OP(=O)(O)OC[C@H]2O[C@@H](n3cnc4c(=O)[nH]c(N)nc43)[C@H](O)[C@@H]2O)[C@@H](COP(=O)(O)OP(=O)(O)OP(=O)(O)OC[C@H]2OC(n3c[n+](C)c4c(=O)[nH]c(N)nc43)[C@H](O)[C@@H]2CNC(N)=O)O[C@H]1n1cnc2c(=O)[nH]c(N)nc21. The molecule has 3 fully saturated rings. The number of amides is 2. The molecule has 0 saturated carbocycles. The monoisotopic (exact) mass is 1220 g/mol. The number of imidazole rings is 3. The Hall–Kier alpha value is -6.04. The van der Waals surface area contributed by atoms with E-state index in [0.717, 1.165) is 28.9 Å². The third-order valence-electron chi connectivity index (χ3n) is 12.3. The average Bonchev–Trinajstić information content (AvgIpc) is 4.27. The number of hydrogen-bond acceptors (Lipinski definition) is 29. The highest BCUT2D eigenvalue weighted by Gasteiger charge is 2.54. The zero-order chi connectivity index (χ0) is 58.1. The van der Waals surface area contributed by atoms with Crippen molar-refractivity contribution in [3.63, 3.8) is 0 Å². The van der Waals surface area contributed by atoms with Gasteiger partial charge in [0, 0.05) is 19.6 Å². The smallest absolute Gasteiger partial charge is 0.387 e. The molecule has 0 bridgehead atoms. The number of ether oxygens (including phenoxy) is 4. The molecule has 5 unspecified atom stereocenters. The number of fused-ring (bicyclic) bond motifs is 3. The summed E-state index contributed by atoms with van der Waals surface area (Å²) in [4.78, 5) is 119. The Kier molecular flexibility index (Phi) is 16.1. The maximum atomic E-state index is 13.7. The molecule has 3 aliphatic rings. The number of hydrogen-bond donors (Lipinski definition) is 15. The van der Waals surface area contributed by atoms with Gasteiger partial charge < -0.3 is 82.1 Å². The Morgan fingerprint density at radius 3 is 1.70 bits per heavy atom. The zero-order valence-electron chi connectivity index (χ0n) is 40.6. The van der Waals surface area contributed by atoms with Crippen LogP contribution in [0, 0.1) is 5.92 Å². The molecule has 2 amide bonds. The van der Waals surface area contributed by atoms with Crippen LogP contribution in [0.15, 0.2) is 33.4 Å². The summed E-state index contributed by atoms with van der Waals surface area (Å²) in [6, 6.07) is -1.07. The van der Waals surface area contributed by atoms with E-state index in [4.69, 9.17) is 60.0 Å². The Bertz CT molecular complexity index is 3740. The Balaban J connectivity index is 0.883. The molecule has 0 aromatic carbocycles. The van der Waals surface area contributed by atoms with E-state index in [1.54, 1.807) is 0 Å². The summed E-state index contributed by atoms with van der Waals surface area (Å²) in [7, 11) is -21.3. The number of aliphatic hydroxyl groups excluding tert-OH is 3. The van der Waals surface area contributed by atoms with E-state index in [1.165, 1.54) is 22.5 Å².